The Morgan fingerprint density at radius 1 is 1.54 bits per heavy atom. The van der Waals surface area contributed by atoms with Gasteiger partial charge in [0.05, 0.1) is 0 Å². The third-order valence-electron chi connectivity index (χ3n) is 1.65. The number of hydrogen-bond acceptors (Lipinski definition) is 1. The lowest BCUT2D eigenvalue weighted by Gasteiger charge is -2.02. The molecule has 4 heteroatoms. The molecule has 1 aromatic carbocycles. The lowest BCUT2D eigenvalue weighted by atomic mass is 10.1. The molecule has 0 saturated heterocycles. The highest BCUT2D eigenvalue weighted by Gasteiger charge is 2.16. The molecule has 0 saturated carbocycles. The van der Waals surface area contributed by atoms with Gasteiger partial charge in [-0.05, 0) is 18.6 Å². The smallest absolute Gasteiger partial charge is 0.235 e. The third kappa shape index (κ3) is 2.42. The maximum Gasteiger partial charge on any atom is 0.235 e. The molecule has 0 aliphatic rings. The van der Waals surface area contributed by atoms with E-state index in [4.69, 9.17) is 23.2 Å². The molecular weight excluding hydrogens is 214 g/mol. The average Bonchev–Trinajstić information content (AvgIpc) is 2.08. The van der Waals surface area contributed by atoms with E-state index in [2.05, 4.69) is 0 Å². The minimum Gasteiger partial charge on any atom is -0.289 e. The van der Waals surface area contributed by atoms with Gasteiger partial charge in [-0.2, -0.15) is 0 Å². The molecule has 0 N–H and O–H groups in total. The second-order valence-corrected chi connectivity index (χ2v) is 3.42. The molecule has 0 fully saturated rings. The molecule has 1 aromatic rings. The van der Waals surface area contributed by atoms with E-state index in [0.29, 0.717) is 5.02 Å². The van der Waals surface area contributed by atoms with Gasteiger partial charge < -0.3 is 0 Å². The number of alkyl halides is 2. The lowest BCUT2D eigenvalue weighted by molar-refractivity contribution is 0.0934. The number of carbonyl (C=O) groups excluding carboxylic acids is 1. The molecule has 0 bridgehead atoms. The first-order valence-electron chi connectivity index (χ1n) is 3.61. The second-order valence-electron chi connectivity index (χ2n) is 2.63. The Balaban J connectivity index is 3.04. The summed E-state index contributed by atoms with van der Waals surface area (Å²) in [7, 11) is 0. The molecule has 1 atom stereocenters. The fourth-order valence-corrected chi connectivity index (χ4v) is 1.18. The van der Waals surface area contributed by atoms with Gasteiger partial charge >= 0.3 is 0 Å². The SMILES string of the molecule is Cc1ccc(C(=O)C(F)Cl)cc1Cl. The predicted octanol–water partition coefficient (Wildman–Crippen LogP) is 3.37. The lowest BCUT2D eigenvalue weighted by Crippen LogP contribution is -2.08. The van der Waals surface area contributed by atoms with Crippen molar-refractivity contribution in [2.75, 3.05) is 0 Å². The first kappa shape index (κ1) is 10.5. The van der Waals surface area contributed by atoms with Crippen molar-refractivity contribution >= 4 is 29.0 Å². The summed E-state index contributed by atoms with van der Waals surface area (Å²) in [4.78, 5) is 11.0. The van der Waals surface area contributed by atoms with Crippen LogP contribution in [-0.4, -0.2) is 11.4 Å². The van der Waals surface area contributed by atoms with E-state index in [1.54, 1.807) is 13.0 Å². The van der Waals surface area contributed by atoms with E-state index in [0.717, 1.165) is 5.56 Å². The maximum atomic E-state index is 12.4. The normalized spacial score (nSPS) is 12.6. The first-order chi connectivity index (χ1) is 6.02. The van der Waals surface area contributed by atoms with Gasteiger partial charge in [-0.3, -0.25) is 4.79 Å². The first-order valence-corrected chi connectivity index (χ1v) is 4.42. The van der Waals surface area contributed by atoms with Crippen LogP contribution < -0.4 is 0 Å². The van der Waals surface area contributed by atoms with E-state index in [-0.39, 0.29) is 5.56 Å². The van der Waals surface area contributed by atoms with Crippen molar-refractivity contribution in [1.29, 1.82) is 0 Å². The summed E-state index contributed by atoms with van der Waals surface area (Å²) in [5.41, 5.74) is -0.972. The quantitative estimate of drug-likeness (QED) is 0.552. The Morgan fingerprint density at radius 2 is 2.15 bits per heavy atom. The highest BCUT2D eigenvalue weighted by atomic mass is 35.5. The number of benzene rings is 1. The van der Waals surface area contributed by atoms with Crippen molar-refractivity contribution in [2.24, 2.45) is 0 Å². The van der Waals surface area contributed by atoms with Crippen LogP contribution in [0.3, 0.4) is 0 Å². The Bertz CT molecular complexity index is 336. The minimum absolute atomic E-state index is 0.193. The minimum atomic E-state index is -2.00. The Hall–Kier alpha value is -0.600. The van der Waals surface area contributed by atoms with Crippen LogP contribution in [0.5, 0.6) is 0 Å². The molecule has 0 aromatic heterocycles. The largest absolute Gasteiger partial charge is 0.289 e. The highest BCUT2D eigenvalue weighted by Crippen LogP contribution is 2.18. The number of ketones is 1. The number of Topliss-reactive ketones (excluding diaryl/α,β-unsaturated/α-hetero) is 1. The van der Waals surface area contributed by atoms with Gasteiger partial charge in [-0.15, -0.1) is 0 Å². The molecule has 1 nitrogen and oxygen atoms in total. The van der Waals surface area contributed by atoms with Gasteiger partial charge in [-0.25, -0.2) is 4.39 Å². The predicted molar refractivity (Wildman–Crippen MR) is 51.3 cm³/mol. The number of halogens is 3. The summed E-state index contributed by atoms with van der Waals surface area (Å²) in [6.07, 6.45) is 0. The number of rotatable bonds is 2. The zero-order valence-electron chi connectivity index (χ0n) is 6.85. The van der Waals surface area contributed by atoms with Gasteiger partial charge in [0.15, 0.2) is 0 Å². The van der Waals surface area contributed by atoms with Crippen molar-refractivity contribution in [3.63, 3.8) is 0 Å². The third-order valence-corrected chi connectivity index (χ3v) is 2.26. The average molecular weight is 221 g/mol. The van der Waals surface area contributed by atoms with Crippen molar-refractivity contribution in [3.8, 4) is 0 Å². The van der Waals surface area contributed by atoms with Crippen LogP contribution in [0.1, 0.15) is 15.9 Å². The Labute approximate surface area is 85.5 Å². The van der Waals surface area contributed by atoms with E-state index in [1.165, 1.54) is 12.1 Å². The molecule has 13 heavy (non-hydrogen) atoms. The van der Waals surface area contributed by atoms with Crippen LogP contribution >= 0.6 is 23.2 Å². The zero-order chi connectivity index (χ0) is 10.0. The summed E-state index contributed by atoms with van der Waals surface area (Å²) in [6.45, 7) is 1.80. The molecule has 0 spiro atoms. The molecule has 70 valence electrons. The highest BCUT2D eigenvalue weighted by molar-refractivity contribution is 6.34. The summed E-state index contributed by atoms with van der Waals surface area (Å²) in [6, 6.07) is 4.56. The molecule has 0 aliphatic carbocycles. The van der Waals surface area contributed by atoms with Crippen LogP contribution in [0.25, 0.3) is 0 Å². The summed E-state index contributed by atoms with van der Waals surface area (Å²) >= 11 is 10.7. The van der Waals surface area contributed by atoms with Gasteiger partial charge in [0.25, 0.3) is 0 Å². The molecule has 0 heterocycles. The maximum absolute atomic E-state index is 12.4. The standard InChI is InChI=1S/C9H7Cl2FO/c1-5-2-3-6(4-7(5)10)8(13)9(11)12/h2-4,9H,1H3. The van der Waals surface area contributed by atoms with Crippen LogP contribution in [0.15, 0.2) is 18.2 Å². The van der Waals surface area contributed by atoms with Crippen molar-refractivity contribution in [2.45, 2.75) is 12.6 Å². The molecule has 0 amide bonds. The number of carbonyl (C=O) groups is 1. The Morgan fingerprint density at radius 3 is 2.62 bits per heavy atom. The summed E-state index contributed by atoms with van der Waals surface area (Å²) in [5.74, 6) is -0.761. The van der Waals surface area contributed by atoms with Crippen molar-refractivity contribution < 1.29 is 9.18 Å². The van der Waals surface area contributed by atoms with Gasteiger partial charge in [-0.1, -0.05) is 35.3 Å². The topological polar surface area (TPSA) is 17.1 Å². The van der Waals surface area contributed by atoms with Gasteiger partial charge in [0.1, 0.15) is 0 Å². The van der Waals surface area contributed by atoms with Crippen molar-refractivity contribution in [1.82, 2.24) is 0 Å². The van der Waals surface area contributed by atoms with Crippen LogP contribution in [0, 0.1) is 6.92 Å². The molecule has 0 aliphatic heterocycles. The van der Waals surface area contributed by atoms with E-state index in [9.17, 15) is 9.18 Å². The molecule has 1 unspecified atom stereocenters. The fraction of sp³-hybridized carbons (Fsp3) is 0.222. The molecule has 1 rings (SSSR count). The summed E-state index contributed by atoms with van der Waals surface area (Å²) in [5, 5.41) is 0.433. The molecule has 0 radical (unpaired) electrons. The van der Waals surface area contributed by atoms with E-state index >= 15 is 0 Å². The van der Waals surface area contributed by atoms with E-state index < -0.39 is 11.4 Å². The number of hydrogen-bond donors (Lipinski definition) is 0. The van der Waals surface area contributed by atoms with Crippen LogP contribution in [-0.2, 0) is 0 Å². The van der Waals surface area contributed by atoms with Crippen LogP contribution in [0.4, 0.5) is 4.39 Å². The fourth-order valence-electron chi connectivity index (χ4n) is 0.872. The summed E-state index contributed by atoms with van der Waals surface area (Å²) < 4.78 is 12.4. The second kappa shape index (κ2) is 4.07. The molecular formula is C9H7Cl2FO. The van der Waals surface area contributed by atoms with E-state index in [1.807, 2.05) is 0 Å². The monoisotopic (exact) mass is 220 g/mol. The number of aryl methyl sites for hydroxylation is 1. The Kier molecular flexibility index (Phi) is 3.28. The van der Waals surface area contributed by atoms with Gasteiger partial charge in [0.2, 0.25) is 11.4 Å². The van der Waals surface area contributed by atoms with Crippen molar-refractivity contribution in [3.05, 3.63) is 34.3 Å². The van der Waals surface area contributed by atoms with Crippen LogP contribution in [0.2, 0.25) is 5.02 Å². The van der Waals surface area contributed by atoms with Gasteiger partial charge in [0, 0.05) is 10.6 Å². The zero-order valence-corrected chi connectivity index (χ0v) is 8.36.